The molecule has 0 bridgehead atoms. The molecule has 0 aromatic heterocycles. The lowest BCUT2D eigenvalue weighted by Gasteiger charge is -2.03. The minimum atomic E-state index is 0.349. The zero-order chi connectivity index (χ0) is 9.36. The molecule has 0 aliphatic heterocycles. The molecule has 0 unspecified atom stereocenters. The Bertz CT molecular complexity index is 113. The number of aliphatic hydroxyl groups is 1. The summed E-state index contributed by atoms with van der Waals surface area (Å²) in [5, 5.41) is 12.0. The van der Waals surface area contributed by atoms with Gasteiger partial charge in [-0.1, -0.05) is 12.8 Å². The summed E-state index contributed by atoms with van der Waals surface area (Å²) in [4.78, 5) is 0. The summed E-state index contributed by atoms with van der Waals surface area (Å²) in [5.41, 5.74) is 0. The van der Waals surface area contributed by atoms with Gasteiger partial charge >= 0.3 is 0 Å². The van der Waals surface area contributed by atoms with Crippen LogP contribution in [0.25, 0.3) is 0 Å². The molecule has 2 nitrogen and oxygen atoms in total. The maximum Gasteiger partial charge on any atom is 0.0431 e. The molecule has 1 rings (SSSR count). The molecule has 0 aromatic rings. The summed E-state index contributed by atoms with van der Waals surface area (Å²) in [6.45, 7) is 2.67. The molecule has 0 saturated heterocycles. The van der Waals surface area contributed by atoms with Crippen molar-refractivity contribution in [3.63, 3.8) is 0 Å². The summed E-state index contributed by atoms with van der Waals surface area (Å²) in [7, 11) is 0. The number of hydrogen-bond donors (Lipinski definition) is 2. The molecule has 0 radical (unpaired) electrons. The van der Waals surface area contributed by atoms with Crippen LogP contribution in [0.3, 0.4) is 0 Å². The van der Waals surface area contributed by atoms with Crippen molar-refractivity contribution >= 4 is 0 Å². The van der Waals surface area contributed by atoms with Gasteiger partial charge in [0.25, 0.3) is 0 Å². The number of unbranched alkanes of at least 4 members (excludes halogenated alkanes) is 2. The van der Waals surface area contributed by atoms with Gasteiger partial charge < -0.3 is 10.4 Å². The van der Waals surface area contributed by atoms with E-state index in [9.17, 15) is 0 Å². The van der Waals surface area contributed by atoms with Crippen molar-refractivity contribution in [3.8, 4) is 0 Å². The molecule has 0 spiro atoms. The third-order valence-corrected chi connectivity index (χ3v) is 2.67. The Kier molecular flexibility index (Phi) is 6.21. The van der Waals surface area contributed by atoms with Gasteiger partial charge in [-0.2, -0.15) is 0 Å². The molecule has 1 aliphatic carbocycles. The van der Waals surface area contributed by atoms with Gasteiger partial charge in [-0.25, -0.2) is 0 Å². The third-order valence-electron chi connectivity index (χ3n) is 2.67. The first-order valence-corrected chi connectivity index (χ1v) is 5.75. The Morgan fingerprint density at radius 2 is 1.77 bits per heavy atom. The summed E-state index contributed by atoms with van der Waals surface area (Å²) in [6.07, 6.45) is 9.08. The standard InChI is InChI=1S/C11H23NO/c13-10-3-1-2-8-12-9-4-5-11-6-7-11/h11-13H,1-10H2. The van der Waals surface area contributed by atoms with Crippen molar-refractivity contribution in [1.29, 1.82) is 0 Å². The zero-order valence-corrected chi connectivity index (χ0v) is 8.60. The Balaban J connectivity index is 1.63. The first-order chi connectivity index (χ1) is 6.43. The van der Waals surface area contributed by atoms with Gasteiger partial charge in [0.05, 0.1) is 0 Å². The lowest BCUT2D eigenvalue weighted by Crippen LogP contribution is -2.16. The van der Waals surface area contributed by atoms with Crippen LogP contribution in [0.4, 0.5) is 0 Å². The van der Waals surface area contributed by atoms with Gasteiger partial charge in [0.1, 0.15) is 0 Å². The fourth-order valence-corrected chi connectivity index (χ4v) is 1.59. The lowest BCUT2D eigenvalue weighted by molar-refractivity contribution is 0.283. The van der Waals surface area contributed by atoms with Gasteiger partial charge in [0.2, 0.25) is 0 Å². The molecule has 78 valence electrons. The lowest BCUT2D eigenvalue weighted by atomic mass is 10.2. The second kappa shape index (κ2) is 7.34. The average Bonchev–Trinajstić information content (AvgIpc) is 2.93. The molecule has 2 heteroatoms. The fourth-order valence-electron chi connectivity index (χ4n) is 1.59. The van der Waals surface area contributed by atoms with Crippen LogP contribution in [-0.4, -0.2) is 24.8 Å². The van der Waals surface area contributed by atoms with E-state index < -0.39 is 0 Å². The quantitative estimate of drug-likeness (QED) is 0.538. The van der Waals surface area contributed by atoms with Crippen LogP contribution in [-0.2, 0) is 0 Å². The topological polar surface area (TPSA) is 32.3 Å². The molecule has 2 N–H and O–H groups in total. The molecule has 13 heavy (non-hydrogen) atoms. The van der Waals surface area contributed by atoms with E-state index in [0.29, 0.717) is 6.61 Å². The summed E-state index contributed by atoms with van der Waals surface area (Å²) >= 11 is 0. The molecular weight excluding hydrogens is 162 g/mol. The van der Waals surface area contributed by atoms with E-state index in [1.54, 1.807) is 0 Å². The largest absolute Gasteiger partial charge is 0.396 e. The molecule has 1 saturated carbocycles. The van der Waals surface area contributed by atoms with Gasteiger partial charge in [-0.3, -0.25) is 0 Å². The minimum Gasteiger partial charge on any atom is -0.396 e. The summed E-state index contributed by atoms with van der Waals surface area (Å²) in [5.74, 6) is 1.08. The van der Waals surface area contributed by atoms with Crippen LogP contribution in [0.2, 0.25) is 0 Å². The predicted octanol–water partition coefficient (Wildman–Crippen LogP) is 1.93. The van der Waals surface area contributed by atoms with Crippen LogP contribution >= 0.6 is 0 Å². The number of aliphatic hydroxyl groups excluding tert-OH is 1. The number of rotatable bonds is 9. The SMILES string of the molecule is OCCCCCNCCCC1CC1. The van der Waals surface area contributed by atoms with Crippen molar-refractivity contribution in [2.45, 2.75) is 44.9 Å². The molecule has 1 fully saturated rings. The second-order valence-electron chi connectivity index (χ2n) is 4.12. The fraction of sp³-hybridized carbons (Fsp3) is 1.00. The van der Waals surface area contributed by atoms with E-state index in [2.05, 4.69) is 5.32 Å². The molecule has 0 heterocycles. The maximum atomic E-state index is 8.55. The van der Waals surface area contributed by atoms with Crippen molar-refractivity contribution < 1.29 is 5.11 Å². The Labute approximate surface area is 81.7 Å². The molecule has 0 aromatic carbocycles. The van der Waals surface area contributed by atoms with E-state index in [1.807, 2.05) is 0 Å². The number of nitrogens with one attached hydrogen (secondary N) is 1. The van der Waals surface area contributed by atoms with Crippen LogP contribution in [0.1, 0.15) is 44.9 Å². The van der Waals surface area contributed by atoms with E-state index in [-0.39, 0.29) is 0 Å². The van der Waals surface area contributed by atoms with Crippen molar-refractivity contribution in [2.75, 3.05) is 19.7 Å². The van der Waals surface area contributed by atoms with Crippen molar-refractivity contribution in [2.24, 2.45) is 5.92 Å². The highest BCUT2D eigenvalue weighted by Gasteiger charge is 2.19. The van der Waals surface area contributed by atoms with Crippen molar-refractivity contribution in [1.82, 2.24) is 5.32 Å². The van der Waals surface area contributed by atoms with E-state index >= 15 is 0 Å². The van der Waals surface area contributed by atoms with Crippen LogP contribution in [0, 0.1) is 5.92 Å². The van der Waals surface area contributed by atoms with E-state index in [0.717, 1.165) is 25.3 Å². The van der Waals surface area contributed by atoms with Crippen LogP contribution < -0.4 is 5.32 Å². The van der Waals surface area contributed by atoms with Crippen LogP contribution in [0.15, 0.2) is 0 Å². The molecule has 1 aliphatic rings. The highest BCUT2D eigenvalue weighted by atomic mass is 16.2. The zero-order valence-electron chi connectivity index (χ0n) is 8.60. The Morgan fingerprint density at radius 3 is 2.46 bits per heavy atom. The summed E-state index contributed by atoms with van der Waals surface area (Å²) in [6, 6.07) is 0. The van der Waals surface area contributed by atoms with Gasteiger partial charge in [-0.05, 0) is 51.1 Å². The average molecular weight is 185 g/mol. The highest BCUT2D eigenvalue weighted by Crippen LogP contribution is 2.33. The predicted molar refractivity (Wildman–Crippen MR) is 55.8 cm³/mol. The third kappa shape index (κ3) is 7.03. The molecule has 0 atom stereocenters. The van der Waals surface area contributed by atoms with E-state index in [1.165, 1.54) is 38.6 Å². The van der Waals surface area contributed by atoms with Crippen molar-refractivity contribution in [3.05, 3.63) is 0 Å². The smallest absolute Gasteiger partial charge is 0.0431 e. The Hall–Kier alpha value is -0.0800. The summed E-state index contributed by atoms with van der Waals surface area (Å²) < 4.78 is 0. The van der Waals surface area contributed by atoms with Gasteiger partial charge in [0.15, 0.2) is 0 Å². The van der Waals surface area contributed by atoms with Gasteiger partial charge in [-0.15, -0.1) is 0 Å². The van der Waals surface area contributed by atoms with Crippen LogP contribution in [0.5, 0.6) is 0 Å². The van der Waals surface area contributed by atoms with Gasteiger partial charge in [0, 0.05) is 6.61 Å². The minimum absolute atomic E-state index is 0.349. The first kappa shape index (κ1) is 11.0. The first-order valence-electron chi connectivity index (χ1n) is 5.75. The normalized spacial score (nSPS) is 16.4. The van der Waals surface area contributed by atoms with E-state index in [4.69, 9.17) is 5.11 Å². The monoisotopic (exact) mass is 185 g/mol. The highest BCUT2D eigenvalue weighted by molar-refractivity contribution is 4.72. The maximum absolute atomic E-state index is 8.55. The second-order valence-corrected chi connectivity index (χ2v) is 4.12. The number of hydrogen-bond acceptors (Lipinski definition) is 2. The molecular formula is C11H23NO. The molecule has 0 amide bonds. The Morgan fingerprint density at radius 1 is 1.00 bits per heavy atom.